The Labute approximate surface area is 186 Å². The standard InChI is InChI=1S/C27H18ClN3/c28-27-30-25(23-17-9-7-15-21(23)19-11-3-1-4-12-19)29-26(31-27)24-18-10-8-16-22(24)20-13-5-2-6-14-20/h1-18H. The molecule has 0 bridgehead atoms. The fraction of sp³-hybridized carbons (Fsp3) is 0. The average molecular weight is 420 g/mol. The van der Waals surface area contributed by atoms with E-state index in [4.69, 9.17) is 16.6 Å². The third-order valence-corrected chi connectivity index (χ3v) is 5.28. The predicted octanol–water partition coefficient (Wildman–Crippen LogP) is 7.19. The Hall–Kier alpha value is -3.82. The van der Waals surface area contributed by atoms with E-state index in [1.165, 1.54) is 0 Å². The van der Waals surface area contributed by atoms with Crippen LogP contribution in [0.25, 0.3) is 45.0 Å². The van der Waals surface area contributed by atoms with E-state index in [1.54, 1.807) is 0 Å². The molecule has 0 aliphatic heterocycles. The summed E-state index contributed by atoms with van der Waals surface area (Å²) in [4.78, 5) is 13.8. The van der Waals surface area contributed by atoms with Gasteiger partial charge in [0.1, 0.15) is 0 Å². The summed E-state index contributed by atoms with van der Waals surface area (Å²) < 4.78 is 0. The molecule has 0 aliphatic rings. The van der Waals surface area contributed by atoms with Crippen molar-refractivity contribution in [2.45, 2.75) is 0 Å². The molecule has 0 spiro atoms. The summed E-state index contributed by atoms with van der Waals surface area (Å²) in [6, 6.07) is 36.6. The first-order valence-electron chi connectivity index (χ1n) is 10.0. The van der Waals surface area contributed by atoms with Crippen molar-refractivity contribution < 1.29 is 0 Å². The van der Waals surface area contributed by atoms with E-state index in [-0.39, 0.29) is 5.28 Å². The normalized spacial score (nSPS) is 10.7. The van der Waals surface area contributed by atoms with Crippen LogP contribution in [0.15, 0.2) is 109 Å². The van der Waals surface area contributed by atoms with Gasteiger partial charge in [0, 0.05) is 11.1 Å². The molecule has 3 nitrogen and oxygen atoms in total. The largest absolute Gasteiger partial charge is 0.226 e. The van der Waals surface area contributed by atoms with Crippen LogP contribution in [0.5, 0.6) is 0 Å². The van der Waals surface area contributed by atoms with Crippen LogP contribution in [-0.4, -0.2) is 15.0 Å². The van der Waals surface area contributed by atoms with E-state index in [1.807, 2.05) is 72.8 Å². The van der Waals surface area contributed by atoms with E-state index in [0.29, 0.717) is 11.6 Å². The summed E-state index contributed by atoms with van der Waals surface area (Å²) in [7, 11) is 0. The van der Waals surface area contributed by atoms with Gasteiger partial charge >= 0.3 is 0 Å². The molecule has 0 N–H and O–H groups in total. The molecule has 1 heterocycles. The lowest BCUT2D eigenvalue weighted by Crippen LogP contribution is -1.99. The zero-order valence-electron chi connectivity index (χ0n) is 16.6. The summed E-state index contributed by atoms with van der Waals surface area (Å²) >= 11 is 6.38. The van der Waals surface area contributed by atoms with Crippen molar-refractivity contribution in [2.24, 2.45) is 0 Å². The zero-order chi connectivity index (χ0) is 21.0. The minimum Gasteiger partial charge on any atom is -0.208 e. The highest BCUT2D eigenvalue weighted by Crippen LogP contribution is 2.34. The van der Waals surface area contributed by atoms with Crippen molar-refractivity contribution in [1.82, 2.24) is 15.0 Å². The van der Waals surface area contributed by atoms with E-state index >= 15 is 0 Å². The van der Waals surface area contributed by atoms with Crippen molar-refractivity contribution >= 4 is 11.6 Å². The van der Waals surface area contributed by atoms with Gasteiger partial charge in [-0.2, -0.15) is 9.97 Å². The van der Waals surface area contributed by atoms with Crippen LogP contribution in [0.3, 0.4) is 0 Å². The molecular weight excluding hydrogens is 402 g/mol. The highest BCUT2D eigenvalue weighted by Gasteiger charge is 2.15. The Morgan fingerprint density at radius 2 is 0.742 bits per heavy atom. The quantitative estimate of drug-likeness (QED) is 0.309. The van der Waals surface area contributed by atoms with E-state index in [2.05, 4.69) is 46.4 Å². The van der Waals surface area contributed by atoms with Gasteiger partial charge in [0.2, 0.25) is 5.28 Å². The van der Waals surface area contributed by atoms with Crippen LogP contribution in [0.4, 0.5) is 0 Å². The first-order valence-corrected chi connectivity index (χ1v) is 10.4. The van der Waals surface area contributed by atoms with Gasteiger partial charge < -0.3 is 0 Å². The molecule has 0 unspecified atom stereocenters. The van der Waals surface area contributed by atoms with Crippen LogP contribution in [-0.2, 0) is 0 Å². The maximum atomic E-state index is 6.38. The van der Waals surface area contributed by atoms with Gasteiger partial charge in [-0.05, 0) is 33.9 Å². The molecule has 148 valence electrons. The Bertz CT molecular complexity index is 1230. The van der Waals surface area contributed by atoms with Gasteiger partial charge in [-0.1, -0.05) is 109 Å². The number of halogens is 1. The molecule has 5 aromatic rings. The van der Waals surface area contributed by atoms with Crippen molar-refractivity contribution in [2.75, 3.05) is 0 Å². The number of hydrogen-bond acceptors (Lipinski definition) is 3. The topological polar surface area (TPSA) is 38.7 Å². The summed E-state index contributed by atoms with van der Waals surface area (Å²) in [5, 5.41) is 0.172. The molecule has 0 atom stereocenters. The summed E-state index contributed by atoms with van der Waals surface area (Å²) in [5.74, 6) is 1.11. The maximum Gasteiger partial charge on any atom is 0.226 e. The lowest BCUT2D eigenvalue weighted by Gasteiger charge is -2.12. The highest BCUT2D eigenvalue weighted by atomic mass is 35.5. The number of rotatable bonds is 4. The predicted molar refractivity (Wildman–Crippen MR) is 127 cm³/mol. The van der Waals surface area contributed by atoms with Crippen LogP contribution >= 0.6 is 11.6 Å². The Morgan fingerprint density at radius 3 is 1.16 bits per heavy atom. The maximum absolute atomic E-state index is 6.38. The van der Waals surface area contributed by atoms with Crippen molar-refractivity contribution in [1.29, 1.82) is 0 Å². The summed E-state index contributed by atoms with van der Waals surface area (Å²) in [6.45, 7) is 0. The van der Waals surface area contributed by atoms with Gasteiger partial charge in [0.15, 0.2) is 11.6 Å². The molecule has 0 saturated carbocycles. The smallest absolute Gasteiger partial charge is 0.208 e. The molecule has 1 aromatic heterocycles. The van der Waals surface area contributed by atoms with Crippen molar-refractivity contribution in [3.8, 4) is 45.0 Å². The monoisotopic (exact) mass is 419 g/mol. The van der Waals surface area contributed by atoms with Gasteiger partial charge in [-0.3, -0.25) is 0 Å². The number of aromatic nitrogens is 3. The third-order valence-electron chi connectivity index (χ3n) is 5.11. The lowest BCUT2D eigenvalue weighted by atomic mass is 9.98. The van der Waals surface area contributed by atoms with Crippen molar-refractivity contribution in [3.05, 3.63) is 114 Å². The molecule has 0 aliphatic carbocycles. The molecule has 31 heavy (non-hydrogen) atoms. The summed E-state index contributed by atoms with van der Waals surface area (Å²) in [5.41, 5.74) is 6.12. The Balaban J connectivity index is 1.68. The zero-order valence-corrected chi connectivity index (χ0v) is 17.4. The molecule has 5 rings (SSSR count). The third kappa shape index (κ3) is 3.96. The lowest BCUT2D eigenvalue weighted by molar-refractivity contribution is 1.07. The number of hydrogen-bond donors (Lipinski definition) is 0. The number of nitrogens with zero attached hydrogens (tertiary/aromatic N) is 3. The second-order valence-electron chi connectivity index (χ2n) is 7.07. The summed E-state index contributed by atoms with van der Waals surface area (Å²) in [6.07, 6.45) is 0. The molecule has 0 radical (unpaired) electrons. The fourth-order valence-corrected chi connectivity index (χ4v) is 3.85. The average Bonchev–Trinajstić information content (AvgIpc) is 2.85. The van der Waals surface area contributed by atoms with E-state index < -0.39 is 0 Å². The van der Waals surface area contributed by atoms with Gasteiger partial charge in [-0.15, -0.1) is 0 Å². The van der Waals surface area contributed by atoms with E-state index in [0.717, 1.165) is 33.4 Å². The van der Waals surface area contributed by atoms with Gasteiger partial charge in [0.05, 0.1) is 0 Å². The van der Waals surface area contributed by atoms with Crippen LogP contribution in [0.1, 0.15) is 0 Å². The second kappa shape index (κ2) is 8.50. The van der Waals surface area contributed by atoms with Crippen LogP contribution < -0.4 is 0 Å². The molecule has 4 aromatic carbocycles. The van der Waals surface area contributed by atoms with Crippen LogP contribution in [0, 0.1) is 0 Å². The minimum absolute atomic E-state index is 0.172. The van der Waals surface area contributed by atoms with Gasteiger partial charge in [0.25, 0.3) is 0 Å². The Morgan fingerprint density at radius 1 is 0.387 bits per heavy atom. The molecule has 0 fully saturated rings. The van der Waals surface area contributed by atoms with Crippen LogP contribution in [0.2, 0.25) is 5.28 Å². The highest BCUT2D eigenvalue weighted by molar-refractivity contribution is 6.28. The fourth-order valence-electron chi connectivity index (χ4n) is 3.69. The Kier molecular flexibility index (Phi) is 5.26. The number of benzene rings is 4. The molecule has 4 heteroatoms. The van der Waals surface area contributed by atoms with Gasteiger partial charge in [-0.25, -0.2) is 4.98 Å². The molecule has 0 amide bonds. The first kappa shape index (κ1) is 19.2. The van der Waals surface area contributed by atoms with E-state index in [9.17, 15) is 0 Å². The minimum atomic E-state index is 0.172. The molecule has 0 saturated heterocycles. The first-order chi connectivity index (χ1) is 15.3. The SMILES string of the molecule is Clc1nc(-c2ccccc2-c2ccccc2)nc(-c2ccccc2-c2ccccc2)n1. The second-order valence-corrected chi connectivity index (χ2v) is 7.41. The van der Waals surface area contributed by atoms with Crippen molar-refractivity contribution in [3.63, 3.8) is 0 Å². The molecular formula is C27H18ClN3.